The summed E-state index contributed by atoms with van der Waals surface area (Å²) in [6, 6.07) is 15.3. The highest BCUT2D eigenvalue weighted by Gasteiger charge is 2.54. The Morgan fingerprint density at radius 1 is 0.943 bits per heavy atom. The molecular weight excluding hydrogens is 465 g/mol. The molecule has 3 atom stereocenters. The third kappa shape index (κ3) is 3.91. The normalized spacial score (nSPS) is 21.4. The van der Waals surface area contributed by atoms with Gasteiger partial charge in [-0.2, -0.15) is 18.4 Å². The minimum atomic E-state index is -4.52. The molecule has 4 nitrogen and oxygen atoms in total. The van der Waals surface area contributed by atoms with E-state index in [-0.39, 0.29) is 5.56 Å². The number of halogens is 5. The summed E-state index contributed by atoms with van der Waals surface area (Å²) >= 11 is 0. The van der Waals surface area contributed by atoms with Crippen LogP contribution in [0, 0.1) is 23.0 Å². The van der Waals surface area contributed by atoms with E-state index in [2.05, 4.69) is 5.32 Å². The van der Waals surface area contributed by atoms with Gasteiger partial charge in [0.15, 0.2) is 0 Å². The van der Waals surface area contributed by atoms with Crippen molar-refractivity contribution < 1.29 is 26.7 Å². The van der Waals surface area contributed by atoms with E-state index in [1.165, 1.54) is 29.2 Å². The highest BCUT2D eigenvalue weighted by Crippen LogP contribution is 2.52. The number of hydrogen-bond donors (Lipinski definition) is 1. The number of hydrogen-bond acceptors (Lipinski definition) is 3. The van der Waals surface area contributed by atoms with Crippen molar-refractivity contribution in [2.45, 2.75) is 24.3 Å². The second-order valence-corrected chi connectivity index (χ2v) is 8.34. The number of nitrogens with zero attached hydrogens (tertiary/aromatic N) is 2. The van der Waals surface area contributed by atoms with Crippen LogP contribution in [0.5, 0.6) is 0 Å². The first-order valence-corrected chi connectivity index (χ1v) is 10.6. The van der Waals surface area contributed by atoms with Crippen LogP contribution in [0.1, 0.15) is 39.8 Å². The smallest absolute Gasteiger partial charge is 0.364 e. The Hall–Kier alpha value is -4.19. The number of amides is 1. The van der Waals surface area contributed by atoms with Crippen molar-refractivity contribution in [2.75, 3.05) is 0 Å². The summed E-state index contributed by atoms with van der Waals surface area (Å²) in [5.74, 6) is -2.68. The van der Waals surface area contributed by atoms with Crippen molar-refractivity contribution >= 4 is 11.6 Å². The lowest BCUT2D eigenvalue weighted by atomic mass is 9.74. The van der Waals surface area contributed by atoms with Crippen LogP contribution in [0.25, 0.3) is 5.70 Å². The van der Waals surface area contributed by atoms with E-state index in [9.17, 15) is 26.7 Å². The molecule has 35 heavy (non-hydrogen) atoms. The molecule has 5 rings (SSSR count). The molecule has 176 valence electrons. The summed E-state index contributed by atoms with van der Waals surface area (Å²) in [5, 5.41) is 12.2. The second kappa shape index (κ2) is 8.24. The van der Waals surface area contributed by atoms with Crippen LogP contribution in [-0.2, 0) is 11.0 Å². The predicted octanol–water partition coefficient (Wildman–Crippen LogP) is 5.49. The summed E-state index contributed by atoms with van der Waals surface area (Å²) < 4.78 is 67.6. The maximum Gasteiger partial charge on any atom is 0.416 e. The Bertz CT molecular complexity index is 1370. The molecule has 2 aliphatic heterocycles. The molecule has 9 heteroatoms. The number of benzene rings is 3. The van der Waals surface area contributed by atoms with Gasteiger partial charge < -0.3 is 10.2 Å². The van der Waals surface area contributed by atoms with Gasteiger partial charge in [-0.15, -0.1) is 0 Å². The van der Waals surface area contributed by atoms with Crippen LogP contribution in [0.3, 0.4) is 0 Å². The van der Waals surface area contributed by atoms with Gasteiger partial charge in [-0.25, -0.2) is 8.78 Å². The molecule has 3 aromatic carbocycles. The maximum absolute atomic E-state index is 14.8. The van der Waals surface area contributed by atoms with Crippen LogP contribution in [0.2, 0.25) is 0 Å². The van der Waals surface area contributed by atoms with Crippen LogP contribution in [0.4, 0.5) is 22.0 Å². The first-order chi connectivity index (χ1) is 16.7. The zero-order valence-corrected chi connectivity index (χ0v) is 17.9. The number of carbonyl (C=O) groups excluding carboxylic acids is 1. The van der Waals surface area contributed by atoms with E-state index in [0.29, 0.717) is 22.4 Å². The first kappa shape index (κ1) is 22.6. The summed E-state index contributed by atoms with van der Waals surface area (Å²) in [4.78, 5) is 14.5. The molecule has 2 aliphatic rings. The Labute approximate surface area is 196 Å². The molecule has 3 unspecified atom stereocenters. The largest absolute Gasteiger partial charge is 0.416 e. The average Bonchev–Trinajstić information content (AvgIpc) is 2.81. The number of carbonyl (C=O) groups is 1. The molecule has 3 aromatic rings. The van der Waals surface area contributed by atoms with Crippen molar-refractivity contribution in [3.05, 3.63) is 112 Å². The Morgan fingerprint density at radius 3 is 2.23 bits per heavy atom. The molecule has 1 fully saturated rings. The number of fused-ring (bicyclic) bond motifs is 1. The van der Waals surface area contributed by atoms with Gasteiger partial charge in [-0.1, -0.05) is 30.3 Å². The van der Waals surface area contributed by atoms with E-state index in [4.69, 9.17) is 5.26 Å². The molecule has 0 spiro atoms. The number of alkyl halides is 3. The molecular formula is C26H16F5N3O. The third-order valence-electron chi connectivity index (χ3n) is 6.33. The summed E-state index contributed by atoms with van der Waals surface area (Å²) in [5.41, 5.74) is 1.22. The van der Waals surface area contributed by atoms with E-state index in [1.54, 1.807) is 24.3 Å². The molecule has 0 bridgehead atoms. The molecule has 0 aliphatic carbocycles. The topological polar surface area (TPSA) is 56.1 Å². The molecule has 0 saturated carbocycles. The SMILES string of the molecule is N#Cc1ccc(C2=CC(=O)N3C(N2)C(c2ccc(F)cc2F)C3c2ccc(C(F)(F)F)cc2)cc1. The van der Waals surface area contributed by atoms with Crippen LogP contribution < -0.4 is 5.32 Å². The predicted molar refractivity (Wildman–Crippen MR) is 116 cm³/mol. The fourth-order valence-electron chi connectivity index (χ4n) is 4.66. The second-order valence-electron chi connectivity index (χ2n) is 8.34. The van der Waals surface area contributed by atoms with Crippen LogP contribution in [-0.4, -0.2) is 17.0 Å². The van der Waals surface area contributed by atoms with Crippen molar-refractivity contribution in [3.63, 3.8) is 0 Å². The Balaban J connectivity index is 1.55. The highest BCUT2D eigenvalue weighted by atomic mass is 19.4. The Kier molecular flexibility index (Phi) is 5.32. The third-order valence-corrected chi connectivity index (χ3v) is 6.33. The summed E-state index contributed by atoms with van der Waals surface area (Å²) in [6.45, 7) is 0. The van der Waals surface area contributed by atoms with Crippen LogP contribution >= 0.6 is 0 Å². The highest BCUT2D eigenvalue weighted by molar-refractivity contribution is 5.98. The zero-order chi connectivity index (χ0) is 24.9. The number of nitrogens with one attached hydrogen (secondary N) is 1. The lowest BCUT2D eigenvalue weighted by Gasteiger charge is -2.57. The molecule has 0 aromatic heterocycles. The molecule has 1 N–H and O–H groups in total. The van der Waals surface area contributed by atoms with Gasteiger partial charge in [-0.05, 0) is 47.0 Å². The van der Waals surface area contributed by atoms with Gasteiger partial charge in [0.05, 0.1) is 29.2 Å². The minimum Gasteiger partial charge on any atom is -0.364 e. The molecule has 2 heterocycles. The summed E-state index contributed by atoms with van der Waals surface area (Å²) in [7, 11) is 0. The lowest BCUT2D eigenvalue weighted by Crippen LogP contribution is -2.66. The lowest BCUT2D eigenvalue weighted by molar-refractivity contribution is -0.145. The van der Waals surface area contributed by atoms with Gasteiger partial charge in [0, 0.05) is 17.8 Å². The van der Waals surface area contributed by atoms with Gasteiger partial charge in [0.2, 0.25) is 0 Å². The fraction of sp³-hybridized carbons (Fsp3) is 0.154. The standard InChI is InChI=1S/C26H16F5N3O/c27-18-9-10-19(20(28)11-18)23-24(16-5-7-17(8-6-16)26(29,30)31)34-22(35)12-21(33-25(23)34)15-3-1-14(13-32)2-4-15/h1-12,23-25,33H. The molecule has 0 radical (unpaired) electrons. The van der Waals surface area contributed by atoms with E-state index in [0.717, 1.165) is 24.3 Å². The number of nitriles is 1. The quantitative estimate of drug-likeness (QED) is 0.504. The van der Waals surface area contributed by atoms with E-state index < -0.39 is 47.4 Å². The number of rotatable bonds is 3. The van der Waals surface area contributed by atoms with E-state index >= 15 is 0 Å². The first-order valence-electron chi connectivity index (χ1n) is 10.6. The van der Waals surface area contributed by atoms with Gasteiger partial charge in [0.25, 0.3) is 5.91 Å². The zero-order valence-electron chi connectivity index (χ0n) is 17.9. The monoisotopic (exact) mass is 481 g/mol. The summed E-state index contributed by atoms with van der Waals surface area (Å²) in [6.07, 6.45) is -3.89. The van der Waals surface area contributed by atoms with Crippen molar-refractivity contribution in [1.82, 2.24) is 10.2 Å². The molecule has 1 amide bonds. The van der Waals surface area contributed by atoms with E-state index in [1.807, 2.05) is 6.07 Å². The van der Waals surface area contributed by atoms with Crippen molar-refractivity contribution in [2.24, 2.45) is 0 Å². The van der Waals surface area contributed by atoms with Gasteiger partial charge in [0.1, 0.15) is 17.8 Å². The Morgan fingerprint density at radius 2 is 1.63 bits per heavy atom. The van der Waals surface area contributed by atoms with Crippen molar-refractivity contribution in [3.8, 4) is 6.07 Å². The molecule has 1 saturated heterocycles. The van der Waals surface area contributed by atoms with Gasteiger partial charge in [-0.3, -0.25) is 4.79 Å². The minimum absolute atomic E-state index is 0.138. The fourth-order valence-corrected chi connectivity index (χ4v) is 4.66. The van der Waals surface area contributed by atoms with Crippen LogP contribution in [0.15, 0.2) is 72.8 Å². The van der Waals surface area contributed by atoms with Gasteiger partial charge >= 0.3 is 6.18 Å². The average molecular weight is 481 g/mol. The maximum atomic E-state index is 14.8. The van der Waals surface area contributed by atoms with Crippen molar-refractivity contribution in [1.29, 1.82) is 5.26 Å².